The first kappa shape index (κ1) is 27.3. The molecular weight excluding hydrogens is 567 g/mol. The summed E-state index contributed by atoms with van der Waals surface area (Å²) in [5.74, 6) is -2.29. The van der Waals surface area contributed by atoms with E-state index >= 15 is 0 Å². The van der Waals surface area contributed by atoms with E-state index in [1.165, 1.54) is 0 Å². The summed E-state index contributed by atoms with van der Waals surface area (Å²) in [5.41, 5.74) is 0.569. The maximum Gasteiger partial charge on any atom is 2.00 e. The van der Waals surface area contributed by atoms with E-state index in [-0.39, 0.29) is 51.7 Å². The summed E-state index contributed by atoms with van der Waals surface area (Å²) in [6.45, 7) is 3.71. The first-order valence-corrected chi connectivity index (χ1v) is 9.70. The van der Waals surface area contributed by atoms with Crippen LogP contribution >= 0.6 is 0 Å². The molecule has 0 aliphatic heterocycles. The SMILES string of the molecule is C=CCOC(=O)c1ccccc1.O=C([O-])C1CCCC1.O=C([O-])C1CCCC1.[Pb+2]. The molecule has 0 heterocycles. The molecule has 2 aliphatic rings. The van der Waals surface area contributed by atoms with E-state index in [1.54, 1.807) is 30.3 Å². The van der Waals surface area contributed by atoms with E-state index in [0.717, 1.165) is 51.4 Å². The van der Waals surface area contributed by atoms with E-state index in [9.17, 15) is 24.6 Å². The Morgan fingerprint density at radius 2 is 1.31 bits per heavy atom. The molecule has 29 heavy (non-hydrogen) atoms. The van der Waals surface area contributed by atoms with Crippen molar-refractivity contribution in [2.24, 2.45) is 11.8 Å². The fraction of sp³-hybridized carbons (Fsp3) is 0.500. The number of hydrogen-bond acceptors (Lipinski definition) is 6. The average molecular weight is 596 g/mol. The van der Waals surface area contributed by atoms with Gasteiger partial charge in [-0.25, -0.2) is 4.79 Å². The van der Waals surface area contributed by atoms with Crippen molar-refractivity contribution in [1.29, 1.82) is 0 Å². The summed E-state index contributed by atoms with van der Waals surface area (Å²) in [6, 6.07) is 8.87. The Balaban J connectivity index is 0.000000411. The number of ether oxygens (including phenoxy) is 1. The van der Waals surface area contributed by atoms with Gasteiger partial charge >= 0.3 is 33.3 Å². The molecule has 0 amide bonds. The zero-order valence-electron chi connectivity index (χ0n) is 16.6. The van der Waals surface area contributed by atoms with Crippen LogP contribution in [0.15, 0.2) is 43.0 Å². The fourth-order valence-corrected chi connectivity index (χ4v) is 3.12. The summed E-state index contributed by atoms with van der Waals surface area (Å²) in [7, 11) is 0. The Morgan fingerprint density at radius 3 is 1.62 bits per heavy atom. The molecule has 0 saturated heterocycles. The van der Waals surface area contributed by atoms with Crippen LogP contribution in [0.25, 0.3) is 0 Å². The van der Waals surface area contributed by atoms with Gasteiger partial charge in [-0.1, -0.05) is 56.5 Å². The van der Waals surface area contributed by atoms with Gasteiger partial charge in [0.25, 0.3) is 0 Å². The summed E-state index contributed by atoms with van der Waals surface area (Å²) >= 11 is 0. The molecule has 0 spiro atoms. The van der Waals surface area contributed by atoms with E-state index in [2.05, 4.69) is 6.58 Å². The summed E-state index contributed by atoms with van der Waals surface area (Å²) in [5, 5.41) is 20.2. The van der Waals surface area contributed by atoms with Crippen molar-refractivity contribution in [2.45, 2.75) is 51.4 Å². The third-order valence-electron chi connectivity index (χ3n) is 4.72. The average Bonchev–Trinajstić information content (AvgIpc) is 3.42. The van der Waals surface area contributed by atoms with Gasteiger partial charge in [0.15, 0.2) is 0 Å². The number of hydrogen-bond donors (Lipinski definition) is 0. The summed E-state index contributed by atoms with van der Waals surface area (Å²) in [4.78, 5) is 31.3. The molecule has 156 valence electrons. The Bertz CT molecular complexity index is 593. The number of benzene rings is 1. The van der Waals surface area contributed by atoms with Crippen LogP contribution in [0.3, 0.4) is 0 Å². The van der Waals surface area contributed by atoms with Crippen molar-refractivity contribution < 1.29 is 29.3 Å². The Hall–Kier alpha value is -1.71. The normalized spacial score (nSPS) is 15.6. The summed E-state index contributed by atoms with van der Waals surface area (Å²) < 4.78 is 4.82. The molecule has 0 atom stereocenters. The monoisotopic (exact) mass is 596 g/mol. The van der Waals surface area contributed by atoms with Crippen LogP contribution in [0.2, 0.25) is 0 Å². The van der Waals surface area contributed by atoms with E-state index in [1.807, 2.05) is 6.07 Å². The topological polar surface area (TPSA) is 107 Å². The van der Waals surface area contributed by atoms with Crippen LogP contribution in [0.1, 0.15) is 61.7 Å². The first-order chi connectivity index (χ1) is 13.5. The second-order valence-electron chi connectivity index (χ2n) is 6.85. The second kappa shape index (κ2) is 16.1. The number of carboxylic acid groups (broad SMARTS) is 2. The molecule has 0 aromatic heterocycles. The zero-order valence-corrected chi connectivity index (χ0v) is 20.5. The smallest absolute Gasteiger partial charge is 0.550 e. The second-order valence-corrected chi connectivity index (χ2v) is 6.85. The summed E-state index contributed by atoms with van der Waals surface area (Å²) in [6.07, 6.45) is 9.16. The van der Waals surface area contributed by atoms with Gasteiger partial charge in [0.05, 0.1) is 5.56 Å². The number of carboxylic acids is 2. The van der Waals surface area contributed by atoms with Crippen molar-refractivity contribution in [3.8, 4) is 0 Å². The van der Waals surface area contributed by atoms with Gasteiger partial charge < -0.3 is 24.5 Å². The van der Waals surface area contributed by atoms with Crippen LogP contribution in [-0.4, -0.2) is 51.8 Å². The largest absolute Gasteiger partial charge is 2.00 e. The molecule has 0 bridgehead atoms. The quantitative estimate of drug-likeness (QED) is 0.290. The minimum Gasteiger partial charge on any atom is -0.550 e. The first-order valence-electron chi connectivity index (χ1n) is 9.70. The van der Waals surface area contributed by atoms with Crippen molar-refractivity contribution in [3.05, 3.63) is 48.6 Å². The maximum absolute atomic E-state index is 11.1. The number of esters is 1. The van der Waals surface area contributed by atoms with Crippen molar-refractivity contribution in [1.82, 2.24) is 0 Å². The molecule has 7 heteroatoms. The molecule has 0 N–H and O–H groups in total. The molecule has 1 aromatic rings. The maximum atomic E-state index is 11.1. The molecule has 2 saturated carbocycles. The fourth-order valence-electron chi connectivity index (χ4n) is 3.12. The van der Waals surface area contributed by atoms with Gasteiger partial charge in [0.1, 0.15) is 6.61 Å². The van der Waals surface area contributed by atoms with Gasteiger partial charge in [-0.15, -0.1) is 0 Å². The molecule has 3 rings (SSSR count). The third kappa shape index (κ3) is 11.8. The molecule has 0 unspecified atom stereocenters. The predicted molar refractivity (Wildman–Crippen MR) is 107 cm³/mol. The molecule has 1 aromatic carbocycles. The van der Waals surface area contributed by atoms with Crippen molar-refractivity contribution in [3.63, 3.8) is 0 Å². The molecule has 2 aliphatic carbocycles. The van der Waals surface area contributed by atoms with E-state index < -0.39 is 11.9 Å². The molecular formula is C22H28O6Pb. The molecule has 2 radical (unpaired) electrons. The van der Waals surface area contributed by atoms with E-state index in [0.29, 0.717) is 5.56 Å². The Morgan fingerprint density at radius 1 is 0.897 bits per heavy atom. The van der Waals surface area contributed by atoms with Crippen LogP contribution in [0, 0.1) is 11.8 Å². The molecule has 6 nitrogen and oxygen atoms in total. The number of carbonyl (C=O) groups excluding carboxylic acids is 3. The minimum absolute atomic E-state index is 0. The number of carbonyl (C=O) groups is 3. The van der Waals surface area contributed by atoms with Crippen LogP contribution in [0.5, 0.6) is 0 Å². The molecule has 2 fully saturated rings. The zero-order chi connectivity index (χ0) is 20.8. The predicted octanol–water partition coefficient (Wildman–Crippen LogP) is 1.50. The minimum atomic E-state index is -0.859. The van der Waals surface area contributed by atoms with Gasteiger partial charge in [0.2, 0.25) is 0 Å². The van der Waals surface area contributed by atoms with Gasteiger partial charge in [-0.05, 0) is 49.7 Å². The van der Waals surface area contributed by atoms with Crippen molar-refractivity contribution >= 4 is 45.2 Å². The third-order valence-corrected chi connectivity index (χ3v) is 4.72. The van der Waals surface area contributed by atoms with Crippen molar-refractivity contribution in [2.75, 3.05) is 6.61 Å². The van der Waals surface area contributed by atoms with Gasteiger partial charge in [-0.3, -0.25) is 0 Å². The van der Waals surface area contributed by atoms with Crippen LogP contribution in [0.4, 0.5) is 0 Å². The van der Waals surface area contributed by atoms with Gasteiger partial charge in [0, 0.05) is 11.9 Å². The van der Waals surface area contributed by atoms with E-state index in [4.69, 9.17) is 4.74 Å². The number of rotatable bonds is 5. The Labute approximate surface area is 192 Å². The van der Waals surface area contributed by atoms with Crippen LogP contribution in [-0.2, 0) is 14.3 Å². The Kier molecular flexibility index (Phi) is 15.2. The number of aliphatic carboxylic acids is 2. The van der Waals surface area contributed by atoms with Crippen LogP contribution < -0.4 is 10.2 Å². The van der Waals surface area contributed by atoms with Gasteiger partial charge in [-0.2, -0.15) is 0 Å². The standard InChI is InChI=1S/C10H10O2.2C6H10O2.Pb/c1-2-8-12-10(11)9-6-4-3-5-7-9;2*7-6(8)5-3-1-2-4-5;/h2-7H,1,8H2;2*5H,1-4H2,(H,7,8);/q;;;+2/p-2.